The molecular formula is C19H23FN2O3S3. The lowest BCUT2D eigenvalue weighted by Crippen LogP contribution is -2.45. The lowest BCUT2D eigenvalue weighted by molar-refractivity contribution is -0.125. The van der Waals surface area contributed by atoms with Crippen LogP contribution >= 0.6 is 23.1 Å². The maximum Gasteiger partial charge on any atom is 0.243 e. The number of halogens is 1. The average molecular weight is 443 g/mol. The molecule has 28 heavy (non-hydrogen) atoms. The van der Waals surface area contributed by atoms with Crippen molar-refractivity contribution in [1.82, 2.24) is 9.62 Å². The number of hydrogen-bond acceptors (Lipinski definition) is 5. The van der Waals surface area contributed by atoms with E-state index in [1.807, 2.05) is 5.38 Å². The summed E-state index contributed by atoms with van der Waals surface area (Å²) >= 11 is 3.43. The lowest BCUT2D eigenvalue weighted by Gasteiger charge is -2.31. The van der Waals surface area contributed by atoms with E-state index < -0.39 is 15.8 Å². The minimum atomic E-state index is -3.72. The number of nitrogens with one attached hydrogen (secondary N) is 1. The van der Waals surface area contributed by atoms with Crippen molar-refractivity contribution in [2.45, 2.75) is 23.5 Å². The Bertz CT molecular complexity index is 870. The molecule has 2 heterocycles. The Kier molecular flexibility index (Phi) is 7.50. The van der Waals surface area contributed by atoms with E-state index in [0.717, 1.165) is 23.6 Å². The summed E-state index contributed by atoms with van der Waals surface area (Å²) in [6.07, 6.45) is 1.30. The lowest BCUT2D eigenvalue weighted by atomic mass is 9.99. The standard InChI is InChI=1S/C19H23FN2O3S3/c20-17-3-5-18(6-4-17)28(24,25)22-9-1-2-16(12-22)19(23)21-8-11-27-14-15-7-10-26-13-15/h3-7,10,13,16H,1-2,8-9,11-12,14H2,(H,21,23)/t16-/m0/s1. The van der Waals surface area contributed by atoms with Gasteiger partial charge in [-0.1, -0.05) is 0 Å². The molecule has 1 amide bonds. The van der Waals surface area contributed by atoms with Crippen molar-refractivity contribution < 1.29 is 17.6 Å². The second-order valence-electron chi connectivity index (χ2n) is 6.63. The van der Waals surface area contributed by atoms with Gasteiger partial charge in [-0.2, -0.15) is 27.4 Å². The highest BCUT2D eigenvalue weighted by molar-refractivity contribution is 7.98. The zero-order chi connectivity index (χ0) is 20.0. The molecule has 0 saturated carbocycles. The third-order valence-electron chi connectivity index (χ3n) is 4.60. The smallest absolute Gasteiger partial charge is 0.243 e. The molecule has 9 heteroatoms. The van der Waals surface area contributed by atoms with E-state index in [2.05, 4.69) is 16.8 Å². The molecule has 1 N–H and O–H groups in total. The SMILES string of the molecule is O=C(NCCSCc1ccsc1)[C@H]1CCCN(S(=O)(=O)c2ccc(F)cc2)C1. The van der Waals surface area contributed by atoms with Crippen LogP contribution in [-0.2, 0) is 20.6 Å². The summed E-state index contributed by atoms with van der Waals surface area (Å²) in [5, 5.41) is 7.09. The number of thioether (sulfide) groups is 1. The van der Waals surface area contributed by atoms with E-state index in [-0.39, 0.29) is 23.3 Å². The van der Waals surface area contributed by atoms with Gasteiger partial charge in [0.15, 0.2) is 0 Å². The van der Waals surface area contributed by atoms with Crippen molar-refractivity contribution in [2.75, 3.05) is 25.4 Å². The van der Waals surface area contributed by atoms with Crippen molar-refractivity contribution in [3.05, 3.63) is 52.5 Å². The molecule has 0 unspecified atom stereocenters. The second-order valence-corrected chi connectivity index (χ2v) is 10.5. The fraction of sp³-hybridized carbons (Fsp3) is 0.421. The summed E-state index contributed by atoms with van der Waals surface area (Å²) in [7, 11) is -3.72. The van der Waals surface area contributed by atoms with Gasteiger partial charge in [0.2, 0.25) is 15.9 Å². The number of amides is 1. The molecule has 0 bridgehead atoms. The predicted octanol–water partition coefficient (Wildman–Crippen LogP) is 3.34. The van der Waals surface area contributed by atoms with Gasteiger partial charge in [0.05, 0.1) is 10.8 Å². The van der Waals surface area contributed by atoms with Crippen molar-refractivity contribution >= 4 is 39.0 Å². The van der Waals surface area contributed by atoms with E-state index in [4.69, 9.17) is 0 Å². The van der Waals surface area contributed by atoms with Gasteiger partial charge in [-0.25, -0.2) is 12.8 Å². The first-order valence-corrected chi connectivity index (χ1v) is 12.6. The number of carbonyl (C=O) groups excluding carboxylic acids is 1. The molecule has 1 fully saturated rings. The number of nitrogens with zero attached hydrogens (tertiary/aromatic N) is 1. The molecular weight excluding hydrogens is 419 g/mol. The molecule has 1 aliphatic heterocycles. The number of hydrogen-bond donors (Lipinski definition) is 1. The van der Waals surface area contributed by atoms with Crippen LogP contribution in [0.5, 0.6) is 0 Å². The van der Waals surface area contributed by atoms with E-state index in [1.54, 1.807) is 23.1 Å². The Morgan fingerprint density at radius 2 is 2.07 bits per heavy atom. The Morgan fingerprint density at radius 1 is 1.29 bits per heavy atom. The summed E-state index contributed by atoms with van der Waals surface area (Å²) in [6, 6.07) is 6.89. The highest BCUT2D eigenvalue weighted by Gasteiger charge is 2.33. The Morgan fingerprint density at radius 3 is 2.79 bits per heavy atom. The fourth-order valence-electron chi connectivity index (χ4n) is 3.09. The van der Waals surface area contributed by atoms with Crippen molar-refractivity contribution in [2.24, 2.45) is 5.92 Å². The van der Waals surface area contributed by atoms with E-state index in [1.165, 1.54) is 22.0 Å². The summed E-state index contributed by atoms with van der Waals surface area (Å²) < 4.78 is 39.9. The predicted molar refractivity (Wildman–Crippen MR) is 111 cm³/mol. The second kappa shape index (κ2) is 9.87. The van der Waals surface area contributed by atoms with Crippen molar-refractivity contribution in [3.8, 4) is 0 Å². The van der Waals surface area contributed by atoms with Crippen molar-refractivity contribution in [1.29, 1.82) is 0 Å². The van der Waals surface area contributed by atoms with Gasteiger partial charge in [0, 0.05) is 31.1 Å². The maximum atomic E-state index is 13.1. The van der Waals surface area contributed by atoms with Crippen molar-refractivity contribution in [3.63, 3.8) is 0 Å². The number of sulfonamides is 1. The van der Waals surface area contributed by atoms with Gasteiger partial charge in [0.1, 0.15) is 5.82 Å². The average Bonchev–Trinajstić information content (AvgIpc) is 3.21. The van der Waals surface area contributed by atoms with Gasteiger partial charge in [-0.15, -0.1) is 0 Å². The normalized spacial score (nSPS) is 18.1. The fourth-order valence-corrected chi connectivity index (χ4v) is 6.19. The minimum absolute atomic E-state index is 0.0554. The number of piperidine rings is 1. The summed E-state index contributed by atoms with van der Waals surface area (Å²) in [6.45, 7) is 1.10. The summed E-state index contributed by atoms with van der Waals surface area (Å²) in [4.78, 5) is 12.5. The van der Waals surface area contributed by atoms with Crippen LogP contribution < -0.4 is 5.32 Å². The van der Waals surface area contributed by atoms with Crippen LogP contribution in [0.2, 0.25) is 0 Å². The van der Waals surface area contributed by atoms with Gasteiger partial charge < -0.3 is 5.32 Å². The number of benzene rings is 1. The molecule has 0 aliphatic carbocycles. The zero-order valence-electron chi connectivity index (χ0n) is 15.3. The van der Waals surface area contributed by atoms with Crippen LogP contribution in [0.25, 0.3) is 0 Å². The highest BCUT2D eigenvalue weighted by atomic mass is 32.2. The van der Waals surface area contributed by atoms with E-state index in [0.29, 0.717) is 25.9 Å². The summed E-state index contributed by atoms with van der Waals surface area (Å²) in [5.41, 5.74) is 1.29. The first-order valence-electron chi connectivity index (χ1n) is 9.09. The molecule has 1 aromatic heterocycles. The van der Waals surface area contributed by atoms with Gasteiger partial charge in [-0.05, 0) is 59.5 Å². The molecule has 5 nitrogen and oxygen atoms in total. The molecule has 2 aromatic rings. The monoisotopic (exact) mass is 442 g/mol. The highest BCUT2D eigenvalue weighted by Crippen LogP contribution is 2.24. The van der Waals surface area contributed by atoms with Crippen LogP contribution in [-0.4, -0.2) is 44.0 Å². The minimum Gasteiger partial charge on any atom is -0.355 e. The Balaban J connectivity index is 1.48. The maximum absolute atomic E-state index is 13.1. The largest absolute Gasteiger partial charge is 0.355 e. The summed E-state index contributed by atoms with van der Waals surface area (Å²) in [5.74, 6) is 0.797. The molecule has 1 aromatic carbocycles. The quantitative estimate of drug-likeness (QED) is 0.637. The van der Waals surface area contributed by atoms with Crippen LogP contribution in [0.1, 0.15) is 18.4 Å². The van der Waals surface area contributed by atoms with E-state index in [9.17, 15) is 17.6 Å². The molecule has 0 radical (unpaired) electrons. The number of carbonyl (C=O) groups is 1. The molecule has 3 rings (SSSR count). The third kappa shape index (κ3) is 5.56. The Labute approximate surface area is 173 Å². The molecule has 1 atom stereocenters. The van der Waals surface area contributed by atoms with E-state index >= 15 is 0 Å². The first kappa shape index (κ1) is 21.3. The third-order valence-corrected chi connectivity index (χ3v) is 8.24. The molecule has 1 aliphatic rings. The van der Waals surface area contributed by atoms with Crippen LogP contribution in [0.3, 0.4) is 0 Å². The zero-order valence-corrected chi connectivity index (χ0v) is 17.8. The molecule has 1 saturated heterocycles. The number of rotatable bonds is 8. The topological polar surface area (TPSA) is 66.5 Å². The first-order chi connectivity index (χ1) is 13.5. The number of thiophene rings is 1. The van der Waals surface area contributed by atoms with Gasteiger partial charge in [-0.3, -0.25) is 4.79 Å². The molecule has 0 spiro atoms. The molecule has 152 valence electrons. The Hall–Kier alpha value is -1.42. The van der Waals surface area contributed by atoms with Crippen LogP contribution in [0.4, 0.5) is 4.39 Å². The van der Waals surface area contributed by atoms with Gasteiger partial charge >= 0.3 is 0 Å². The van der Waals surface area contributed by atoms with Gasteiger partial charge in [0.25, 0.3) is 0 Å². The van der Waals surface area contributed by atoms with Crippen LogP contribution in [0.15, 0.2) is 46.0 Å². The van der Waals surface area contributed by atoms with Crippen LogP contribution in [0, 0.1) is 11.7 Å².